The first-order valence-corrected chi connectivity index (χ1v) is 5.67. The molecule has 1 amide bonds. The molecule has 0 atom stereocenters. The quantitative estimate of drug-likeness (QED) is 0.915. The van der Waals surface area contributed by atoms with Crippen LogP contribution >= 0.6 is 27.3 Å². The van der Waals surface area contributed by atoms with Crippen molar-refractivity contribution in [2.75, 3.05) is 5.32 Å². The number of anilines is 1. The molecular weight excluding hydrogens is 280 g/mol. The van der Waals surface area contributed by atoms with Gasteiger partial charge >= 0.3 is 0 Å². The Kier molecular flexibility index (Phi) is 3.02. The van der Waals surface area contributed by atoms with Crippen LogP contribution in [-0.2, 0) is 0 Å². The van der Waals surface area contributed by atoms with Gasteiger partial charge in [0, 0.05) is 15.2 Å². The minimum absolute atomic E-state index is 0.195. The number of carbonyl (C=O) groups excluding carboxylic acids is 1. The summed E-state index contributed by atoms with van der Waals surface area (Å²) in [6.45, 7) is 0. The standard InChI is InChI=1S/C8H5BrN4OS/c9-6-4-15-3-5(6)7(14)12-8-10-1-2-11-13-8/h1-4H,(H,10,12,13,14). The summed E-state index contributed by atoms with van der Waals surface area (Å²) in [5.74, 6) is -0.0586. The van der Waals surface area contributed by atoms with Gasteiger partial charge in [0.05, 0.1) is 18.0 Å². The van der Waals surface area contributed by atoms with Gasteiger partial charge in [-0.2, -0.15) is 16.4 Å². The van der Waals surface area contributed by atoms with Gasteiger partial charge in [-0.25, -0.2) is 4.98 Å². The molecule has 15 heavy (non-hydrogen) atoms. The summed E-state index contributed by atoms with van der Waals surface area (Å²) in [6.07, 6.45) is 2.90. The van der Waals surface area contributed by atoms with Crippen molar-refractivity contribution in [3.8, 4) is 0 Å². The molecule has 0 fully saturated rings. The molecular formula is C8H5BrN4OS. The fourth-order valence-electron chi connectivity index (χ4n) is 0.917. The zero-order chi connectivity index (χ0) is 10.7. The van der Waals surface area contributed by atoms with Gasteiger partial charge in [-0.15, -0.1) is 5.10 Å². The second-order valence-electron chi connectivity index (χ2n) is 2.55. The fraction of sp³-hybridized carbons (Fsp3) is 0. The Morgan fingerprint density at radius 2 is 2.27 bits per heavy atom. The lowest BCUT2D eigenvalue weighted by atomic mass is 10.3. The van der Waals surface area contributed by atoms with Crippen LogP contribution in [-0.4, -0.2) is 21.1 Å². The number of nitrogens with zero attached hydrogens (tertiary/aromatic N) is 3. The lowest BCUT2D eigenvalue weighted by molar-refractivity contribution is 0.102. The molecule has 2 aromatic heterocycles. The lowest BCUT2D eigenvalue weighted by Gasteiger charge is -2.00. The molecule has 1 N–H and O–H groups in total. The lowest BCUT2D eigenvalue weighted by Crippen LogP contribution is -2.14. The van der Waals surface area contributed by atoms with Gasteiger partial charge in [0.1, 0.15) is 0 Å². The largest absolute Gasteiger partial charge is 0.289 e. The normalized spacial score (nSPS) is 9.93. The van der Waals surface area contributed by atoms with E-state index >= 15 is 0 Å². The summed E-state index contributed by atoms with van der Waals surface area (Å²) in [5.41, 5.74) is 0.562. The van der Waals surface area contributed by atoms with Crippen molar-refractivity contribution in [3.63, 3.8) is 0 Å². The van der Waals surface area contributed by atoms with E-state index < -0.39 is 0 Å². The third-order valence-corrected chi connectivity index (χ3v) is 3.27. The van der Waals surface area contributed by atoms with Crippen LogP contribution in [0.5, 0.6) is 0 Å². The second kappa shape index (κ2) is 4.45. The summed E-state index contributed by atoms with van der Waals surface area (Å²) in [4.78, 5) is 15.5. The predicted octanol–water partition coefficient (Wildman–Crippen LogP) is 1.95. The number of hydrogen-bond acceptors (Lipinski definition) is 5. The minimum atomic E-state index is -0.254. The van der Waals surface area contributed by atoms with Gasteiger partial charge in [0.15, 0.2) is 0 Å². The molecule has 2 heterocycles. The highest BCUT2D eigenvalue weighted by atomic mass is 79.9. The van der Waals surface area contributed by atoms with Crippen LogP contribution in [0.3, 0.4) is 0 Å². The zero-order valence-electron chi connectivity index (χ0n) is 7.35. The second-order valence-corrected chi connectivity index (χ2v) is 4.15. The van der Waals surface area contributed by atoms with Crippen LogP contribution in [0.25, 0.3) is 0 Å². The molecule has 0 bridgehead atoms. The average molecular weight is 285 g/mol. The zero-order valence-corrected chi connectivity index (χ0v) is 9.75. The molecule has 0 aliphatic rings. The van der Waals surface area contributed by atoms with Crippen molar-refractivity contribution in [3.05, 3.63) is 33.2 Å². The topological polar surface area (TPSA) is 67.8 Å². The number of carbonyl (C=O) groups is 1. The number of thiophene rings is 1. The van der Waals surface area contributed by atoms with E-state index in [9.17, 15) is 4.79 Å². The Hall–Kier alpha value is -1.34. The van der Waals surface area contributed by atoms with Crippen molar-refractivity contribution in [2.24, 2.45) is 0 Å². The number of aromatic nitrogens is 3. The predicted molar refractivity (Wildman–Crippen MR) is 59.8 cm³/mol. The molecule has 7 heteroatoms. The third kappa shape index (κ3) is 2.37. The molecule has 5 nitrogen and oxygen atoms in total. The maximum atomic E-state index is 11.7. The third-order valence-electron chi connectivity index (χ3n) is 1.57. The van der Waals surface area contributed by atoms with Gasteiger partial charge in [-0.05, 0) is 15.9 Å². The summed E-state index contributed by atoms with van der Waals surface area (Å²) < 4.78 is 0.758. The van der Waals surface area contributed by atoms with E-state index in [4.69, 9.17) is 0 Å². The van der Waals surface area contributed by atoms with Crippen LogP contribution in [0, 0.1) is 0 Å². The molecule has 76 valence electrons. The monoisotopic (exact) mass is 284 g/mol. The molecule has 0 unspecified atom stereocenters. The summed E-state index contributed by atoms with van der Waals surface area (Å²) in [5, 5.41) is 13.4. The summed E-state index contributed by atoms with van der Waals surface area (Å²) >= 11 is 4.71. The molecule has 0 radical (unpaired) electrons. The van der Waals surface area contributed by atoms with Crippen LogP contribution in [0.15, 0.2) is 27.6 Å². The number of amides is 1. The van der Waals surface area contributed by atoms with Crippen LogP contribution in [0.4, 0.5) is 5.95 Å². The highest BCUT2D eigenvalue weighted by molar-refractivity contribution is 9.10. The van der Waals surface area contributed by atoms with Gasteiger partial charge in [0.2, 0.25) is 5.95 Å². The molecule has 2 aromatic rings. The molecule has 0 spiro atoms. The highest BCUT2D eigenvalue weighted by Crippen LogP contribution is 2.21. The van der Waals surface area contributed by atoms with Crippen LogP contribution in [0.1, 0.15) is 10.4 Å². The summed E-state index contributed by atoms with van der Waals surface area (Å²) in [6, 6.07) is 0. The smallest absolute Gasteiger partial charge is 0.260 e. The molecule has 0 aliphatic carbocycles. The van der Waals surface area contributed by atoms with Crippen LogP contribution in [0.2, 0.25) is 0 Å². The Balaban J connectivity index is 2.15. The van der Waals surface area contributed by atoms with E-state index in [2.05, 4.69) is 36.4 Å². The molecule has 0 saturated carbocycles. The van der Waals surface area contributed by atoms with E-state index in [1.807, 2.05) is 5.38 Å². The van der Waals surface area contributed by atoms with Gasteiger partial charge < -0.3 is 0 Å². The maximum Gasteiger partial charge on any atom is 0.260 e. The molecule has 2 rings (SSSR count). The fourth-order valence-corrected chi connectivity index (χ4v) is 2.37. The van der Waals surface area contributed by atoms with Gasteiger partial charge in [-0.1, -0.05) is 0 Å². The molecule has 0 aromatic carbocycles. The van der Waals surface area contributed by atoms with Crippen LogP contribution < -0.4 is 5.32 Å². The first-order valence-electron chi connectivity index (χ1n) is 3.94. The van der Waals surface area contributed by atoms with Gasteiger partial charge in [0.25, 0.3) is 5.91 Å². The Bertz CT molecular complexity index is 473. The first kappa shape index (κ1) is 10.2. The van der Waals surface area contributed by atoms with E-state index in [-0.39, 0.29) is 11.9 Å². The van der Waals surface area contributed by atoms with Crippen molar-refractivity contribution in [1.82, 2.24) is 15.2 Å². The number of nitrogens with one attached hydrogen (secondary N) is 1. The minimum Gasteiger partial charge on any atom is -0.289 e. The Labute approximate surface area is 97.7 Å². The van der Waals surface area contributed by atoms with Crippen molar-refractivity contribution in [1.29, 1.82) is 0 Å². The Morgan fingerprint density at radius 1 is 1.40 bits per heavy atom. The van der Waals surface area contributed by atoms with E-state index in [0.717, 1.165) is 4.47 Å². The van der Waals surface area contributed by atoms with Crippen molar-refractivity contribution >= 4 is 39.1 Å². The van der Waals surface area contributed by atoms with E-state index in [0.29, 0.717) is 5.56 Å². The van der Waals surface area contributed by atoms with Crippen molar-refractivity contribution < 1.29 is 4.79 Å². The van der Waals surface area contributed by atoms with E-state index in [1.54, 1.807) is 5.38 Å². The van der Waals surface area contributed by atoms with Crippen molar-refractivity contribution in [2.45, 2.75) is 0 Å². The molecule has 0 aliphatic heterocycles. The molecule has 0 saturated heterocycles. The summed E-state index contributed by atoms with van der Waals surface area (Å²) in [7, 11) is 0. The average Bonchev–Trinajstić information content (AvgIpc) is 2.66. The first-order chi connectivity index (χ1) is 7.27. The van der Waals surface area contributed by atoms with Gasteiger partial charge in [-0.3, -0.25) is 10.1 Å². The van der Waals surface area contributed by atoms with E-state index in [1.165, 1.54) is 23.7 Å². The maximum absolute atomic E-state index is 11.7. The number of halogens is 1. The number of hydrogen-bond donors (Lipinski definition) is 1. The Morgan fingerprint density at radius 3 is 2.87 bits per heavy atom. The highest BCUT2D eigenvalue weighted by Gasteiger charge is 2.11. The SMILES string of the molecule is O=C(Nc1nccnn1)c1cscc1Br. The number of rotatable bonds is 2.